The number of H-pyrrole nitrogens is 1. The fourth-order valence-corrected chi connectivity index (χ4v) is 2.00. The number of hydrogen-bond acceptors (Lipinski definition) is 6. The van der Waals surface area contributed by atoms with Gasteiger partial charge in [0.15, 0.2) is 0 Å². The smallest absolute Gasteiger partial charge is 0.306 e. The minimum atomic E-state index is -0.970. The van der Waals surface area contributed by atoms with Crippen LogP contribution >= 0.6 is 0 Å². The third-order valence-corrected chi connectivity index (χ3v) is 3.22. The molecule has 1 aromatic carbocycles. The quantitative estimate of drug-likeness (QED) is 0.610. The normalized spacial score (nSPS) is 11.9. The van der Waals surface area contributed by atoms with E-state index in [0.717, 1.165) is 12.1 Å². The number of nitrogens with zero attached hydrogens (tertiary/aromatic N) is 3. The lowest BCUT2D eigenvalue weighted by Gasteiger charge is -2.03. The average Bonchev–Trinajstić information content (AvgIpc) is 2.94. The summed E-state index contributed by atoms with van der Waals surface area (Å²) in [6.45, 7) is 1.52. The number of nitrogens with one attached hydrogen (secondary N) is 1. The highest BCUT2D eigenvalue weighted by atomic mass is 16.6. The molecule has 0 aliphatic rings. The van der Waals surface area contributed by atoms with Gasteiger partial charge in [-0.05, 0) is 6.07 Å². The number of non-ortho nitro benzene ring substituents is 1. The third-order valence-electron chi connectivity index (χ3n) is 3.22. The van der Waals surface area contributed by atoms with Crippen LogP contribution < -0.4 is 0 Å². The zero-order valence-corrected chi connectivity index (χ0v) is 11.9. The maximum absolute atomic E-state index is 11.1. The van der Waals surface area contributed by atoms with Crippen LogP contribution in [0.1, 0.15) is 12.6 Å². The highest BCUT2D eigenvalue weighted by molar-refractivity contribution is 5.71. The predicted octanol–water partition coefficient (Wildman–Crippen LogP) is 2.16. The summed E-state index contributed by atoms with van der Waals surface area (Å²) in [7, 11) is 0. The van der Waals surface area contributed by atoms with Crippen molar-refractivity contribution < 1.29 is 19.7 Å². The predicted molar refractivity (Wildman–Crippen MR) is 77.8 cm³/mol. The number of carbonyl (C=O) groups is 1. The SMILES string of the molecule is C[C@H](Cc1cnc(-c2ccc([N+](=O)[O-])cc2[N+](=O)[O-])[nH]1)C(=O)O. The molecule has 1 heterocycles. The van der Waals surface area contributed by atoms with Gasteiger partial charge in [0.25, 0.3) is 11.4 Å². The maximum Gasteiger partial charge on any atom is 0.306 e. The number of carboxylic acids is 1. The topological polar surface area (TPSA) is 152 Å². The molecule has 10 nitrogen and oxygen atoms in total. The molecule has 120 valence electrons. The average molecular weight is 320 g/mol. The molecule has 2 rings (SSSR count). The first-order chi connectivity index (χ1) is 10.8. The molecular weight excluding hydrogens is 308 g/mol. The van der Waals surface area contributed by atoms with E-state index in [9.17, 15) is 25.0 Å². The molecule has 1 atom stereocenters. The summed E-state index contributed by atoms with van der Waals surface area (Å²) in [5.41, 5.74) is -0.254. The summed E-state index contributed by atoms with van der Waals surface area (Å²) in [5.74, 6) is -1.46. The summed E-state index contributed by atoms with van der Waals surface area (Å²) in [5, 5.41) is 30.7. The Morgan fingerprint density at radius 1 is 1.35 bits per heavy atom. The molecule has 0 fully saturated rings. The first kappa shape index (κ1) is 16.1. The van der Waals surface area contributed by atoms with Gasteiger partial charge in [-0.2, -0.15) is 0 Å². The van der Waals surface area contributed by atoms with Gasteiger partial charge in [-0.3, -0.25) is 25.0 Å². The van der Waals surface area contributed by atoms with Crippen molar-refractivity contribution in [1.29, 1.82) is 0 Å². The number of nitro groups is 2. The van der Waals surface area contributed by atoms with E-state index in [-0.39, 0.29) is 17.8 Å². The standard InChI is InChI=1S/C13H12N4O6/c1-7(13(18)19)4-8-6-14-12(15-8)10-3-2-9(16(20)21)5-11(10)17(22)23/h2-3,5-7H,4H2,1H3,(H,14,15)(H,18,19)/t7-/m1/s1. The van der Waals surface area contributed by atoms with Crippen molar-refractivity contribution in [3.63, 3.8) is 0 Å². The number of carboxylic acid groups (broad SMARTS) is 1. The lowest BCUT2D eigenvalue weighted by molar-refractivity contribution is -0.393. The van der Waals surface area contributed by atoms with Crippen molar-refractivity contribution in [2.24, 2.45) is 5.92 Å². The second kappa shape index (κ2) is 6.22. The van der Waals surface area contributed by atoms with E-state index in [2.05, 4.69) is 9.97 Å². The number of benzene rings is 1. The molecule has 2 N–H and O–H groups in total. The van der Waals surface area contributed by atoms with Crippen LogP contribution in [0.4, 0.5) is 11.4 Å². The van der Waals surface area contributed by atoms with Crippen LogP contribution in [0, 0.1) is 26.1 Å². The first-order valence-electron chi connectivity index (χ1n) is 6.49. The van der Waals surface area contributed by atoms with Gasteiger partial charge in [0.05, 0.1) is 27.4 Å². The van der Waals surface area contributed by atoms with Gasteiger partial charge >= 0.3 is 5.97 Å². The van der Waals surface area contributed by atoms with E-state index in [1.165, 1.54) is 19.2 Å². The lowest BCUT2D eigenvalue weighted by Crippen LogP contribution is -2.12. The number of aliphatic carboxylic acids is 1. The Kier molecular flexibility index (Phi) is 4.35. The van der Waals surface area contributed by atoms with E-state index < -0.39 is 33.1 Å². The van der Waals surface area contributed by atoms with Gasteiger partial charge in [-0.15, -0.1) is 0 Å². The lowest BCUT2D eigenvalue weighted by atomic mass is 10.1. The van der Waals surface area contributed by atoms with Crippen LogP contribution in [-0.4, -0.2) is 30.9 Å². The largest absolute Gasteiger partial charge is 0.481 e. The Morgan fingerprint density at radius 2 is 2.04 bits per heavy atom. The summed E-state index contributed by atoms with van der Waals surface area (Å²) in [6, 6.07) is 3.24. The van der Waals surface area contributed by atoms with Crippen molar-refractivity contribution >= 4 is 17.3 Å². The van der Waals surface area contributed by atoms with E-state index in [1.54, 1.807) is 0 Å². The van der Waals surface area contributed by atoms with E-state index in [0.29, 0.717) is 5.69 Å². The van der Waals surface area contributed by atoms with E-state index in [4.69, 9.17) is 5.11 Å². The van der Waals surface area contributed by atoms with Gasteiger partial charge in [0.1, 0.15) is 5.82 Å². The molecule has 23 heavy (non-hydrogen) atoms. The van der Waals surface area contributed by atoms with Crippen molar-refractivity contribution in [2.75, 3.05) is 0 Å². The van der Waals surface area contributed by atoms with Crippen LogP contribution in [0.2, 0.25) is 0 Å². The molecule has 1 aromatic heterocycles. The minimum Gasteiger partial charge on any atom is -0.481 e. The van der Waals surface area contributed by atoms with E-state index >= 15 is 0 Å². The number of imidazole rings is 1. The van der Waals surface area contributed by atoms with Crippen molar-refractivity contribution in [2.45, 2.75) is 13.3 Å². The fraction of sp³-hybridized carbons (Fsp3) is 0.231. The molecule has 2 aromatic rings. The molecule has 0 spiro atoms. The summed E-state index contributed by atoms with van der Waals surface area (Å²) >= 11 is 0. The number of aromatic amines is 1. The van der Waals surface area contributed by atoms with Gasteiger partial charge < -0.3 is 10.1 Å². The Bertz CT molecular complexity index is 785. The molecule has 0 aliphatic heterocycles. The van der Waals surface area contributed by atoms with Crippen molar-refractivity contribution in [3.05, 3.63) is 50.3 Å². The second-order valence-electron chi connectivity index (χ2n) is 4.92. The van der Waals surface area contributed by atoms with Crippen LogP contribution in [0.3, 0.4) is 0 Å². The van der Waals surface area contributed by atoms with Gasteiger partial charge in [0.2, 0.25) is 0 Å². The Labute approximate surface area is 129 Å². The number of rotatable bonds is 6. The zero-order valence-electron chi connectivity index (χ0n) is 11.9. The number of aromatic nitrogens is 2. The third kappa shape index (κ3) is 3.48. The first-order valence-corrected chi connectivity index (χ1v) is 6.49. The minimum absolute atomic E-state index is 0.0924. The molecule has 0 amide bonds. The van der Waals surface area contributed by atoms with E-state index in [1.807, 2.05) is 0 Å². The summed E-state index contributed by atoms with van der Waals surface area (Å²) in [4.78, 5) is 38.0. The van der Waals surface area contributed by atoms with Gasteiger partial charge in [0, 0.05) is 24.4 Å². The Balaban J connectivity index is 2.39. The molecule has 0 radical (unpaired) electrons. The number of nitro benzene ring substituents is 2. The van der Waals surface area contributed by atoms with Crippen LogP contribution in [0.25, 0.3) is 11.4 Å². The Morgan fingerprint density at radius 3 is 2.61 bits per heavy atom. The fourth-order valence-electron chi connectivity index (χ4n) is 2.00. The Hall–Kier alpha value is -3.30. The van der Waals surface area contributed by atoms with Crippen molar-refractivity contribution in [1.82, 2.24) is 9.97 Å². The highest BCUT2D eigenvalue weighted by Gasteiger charge is 2.22. The molecule has 0 aliphatic carbocycles. The molecular formula is C13H12N4O6. The number of hydrogen-bond donors (Lipinski definition) is 2. The van der Waals surface area contributed by atoms with Crippen LogP contribution in [0.5, 0.6) is 0 Å². The molecule has 10 heteroatoms. The van der Waals surface area contributed by atoms with Gasteiger partial charge in [-0.1, -0.05) is 6.92 Å². The maximum atomic E-state index is 11.1. The zero-order chi connectivity index (χ0) is 17.1. The highest BCUT2D eigenvalue weighted by Crippen LogP contribution is 2.31. The van der Waals surface area contributed by atoms with Crippen LogP contribution in [0.15, 0.2) is 24.4 Å². The monoisotopic (exact) mass is 320 g/mol. The van der Waals surface area contributed by atoms with Crippen molar-refractivity contribution in [3.8, 4) is 11.4 Å². The summed E-state index contributed by atoms with van der Waals surface area (Å²) in [6.07, 6.45) is 1.57. The second-order valence-corrected chi connectivity index (χ2v) is 4.92. The van der Waals surface area contributed by atoms with Crippen LogP contribution in [-0.2, 0) is 11.2 Å². The molecule has 0 unspecified atom stereocenters. The molecule has 0 saturated heterocycles. The van der Waals surface area contributed by atoms with Gasteiger partial charge in [-0.25, -0.2) is 4.98 Å². The summed E-state index contributed by atoms with van der Waals surface area (Å²) < 4.78 is 0. The molecule has 0 saturated carbocycles. The molecule has 0 bridgehead atoms.